The number of ketones is 1. The lowest BCUT2D eigenvalue weighted by atomic mass is 9.78. The van der Waals surface area contributed by atoms with Crippen molar-refractivity contribution in [3.8, 4) is 11.5 Å². The van der Waals surface area contributed by atoms with Gasteiger partial charge in [0.25, 0.3) is 5.91 Å². The summed E-state index contributed by atoms with van der Waals surface area (Å²) in [5.41, 5.74) is 0.496. The Labute approximate surface area is 207 Å². The van der Waals surface area contributed by atoms with Crippen LogP contribution in [0, 0.1) is 5.41 Å². The first-order valence-corrected chi connectivity index (χ1v) is 12.3. The summed E-state index contributed by atoms with van der Waals surface area (Å²) in [6, 6.07) is 6.50. The number of carbonyl (C=O) groups excluding carboxylic acids is 3. The molecular weight excluding hydrogens is 478 g/mol. The first-order chi connectivity index (χ1) is 16.2. The fourth-order valence-electron chi connectivity index (χ4n) is 4.65. The van der Waals surface area contributed by atoms with Crippen LogP contribution in [0.15, 0.2) is 24.3 Å². The van der Waals surface area contributed by atoms with E-state index in [1.807, 2.05) is 9.80 Å². The number of piperidine rings is 1. The highest BCUT2D eigenvalue weighted by molar-refractivity contribution is 7.15. The average molecular weight is 506 g/mol. The highest BCUT2D eigenvalue weighted by Gasteiger charge is 2.43. The molecule has 34 heavy (non-hydrogen) atoms. The summed E-state index contributed by atoms with van der Waals surface area (Å²) in [6.07, 6.45) is 2.58. The third kappa shape index (κ3) is 4.86. The summed E-state index contributed by atoms with van der Waals surface area (Å²) in [6.45, 7) is 4.08. The third-order valence-electron chi connectivity index (χ3n) is 6.72. The number of Topliss-reactive ketones (excluding diaryl/α,β-unsaturated/α-hetero) is 1. The molecule has 0 saturated carbocycles. The van der Waals surface area contributed by atoms with Gasteiger partial charge in [0.2, 0.25) is 0 Å². The van der Waals surface area contributed by atoms with Crippen molar-refractivity contribution in [3.63, 3.8) is 0 Å². The van der Waals surface area contributed by atoms with E-state index in [1.165, 1.54) is 32.5 Å². The first kappa shape index (κ1) is 24.3. The first-order valence-electron chi connectivity index (χ1n) is 11.1. The quantitative estimate of drug-likeness (QED) is 0.591. The van der Waals surface area contributed by atoms with Crippen molar-refractivity contribution in [2.45, 2.75) is 26.2 Å². The van der Waals surface area contributed by atoms with Crippen LogP contribution < -0.4 is 14.8 Å². The molecular formula is C24H28ClN3O5S. The Balaban J connectivity index is 1.35. The minimum absolute atomic E-state index is 0.00968. The Kier molecular flexibility index (Phi) is 7.04. The lowest BCUT2D eigenvalue weighted by Crippen LogP contribution is -2.44. The lowest BCUT2D eigenvalue weighted by molar-refractivity contribution is 0.0599. The number of urea groups is 1. The number of nitrogens with zero attached hydrogens (tertiary/aromatic N) is 2. The summed E-state index contributed by atoms with van der Waals surface area (Å²) in [7, 11) is 3.04. The maximum absolute atomic E-state index is 13.0. The standard InChI is InChI=1S/C24H28ClN3O5S/c1-15(29)20-4-5-21(34-20)22(30)27-9-6-24(7-10-27)8-11-28(14-24)23(31)26-17-12-16(25)18(32-2)13-19(17)33-3/h4-5,12-13H,6-11,14H2,1-3H3,(H,26,31). The summed E-state index contributed by atoms with van der Waals surface area (Å²) in [5.74, 6) is 0.888. The molecule has 2 aromatic rings. The van der Waals surface area contributed by atoms with Gasteiger partial charge in [0.15, 0.2) is 5.78 Å². The third-order valence-corrected chi connectivity index (χ3v) is 8.19. The molecule has 0 unspecified atom stereocenters. The fraction of sp³-hybridized carbons (Fsp3) is 0.458. The van der Waals surface area contributed by atoms with Gasteiger partial charge in [0, 0.05) is 32.2 Å². The minimum atomic E-state index is -0.203. The molecule has 1 aromatic carbocycles. The van der Waals surface area contributed by atoms with E-state index in [9.17, 15) is 14.4 Å². The van der Waals surface area contributed by atoms with Crippen LogP contribution in [-0.2, 0) is 0 Å². The number of benzene rings is 1. The maximum atomic E-state index is 13.0. The molecule has 3 amide bonds. The number of nitrogens with one attached hydrogen (secondary N) is 1. The normalized spacial score (nSPS) is 17.1. The van der Waals surface area contributed by atoms with Crippen LogP contribution >= 0.6 is 22.9 Å². The van der Waals surface area contributed by atoms with E-state index in [1.54, 1.807) is 24.3 Å². The second kappa shape index (κ2) is 9.84. The summed E-state index contributed by atoms with van der Waals surface area (Å²) < 4.78 is 10.6. The van der Waals surface area contributed by atoms with Crippen LogP contribution in [-0.4, -0.2) is 67.9 Å². The van der Waals surface area contributed by atoms with Gasteiger partial charge in [-0.15, -0.1) is 11.3 Å². The van der Waals surface area contributed by atoms with E-state index >= 15 is 0 Å². The molecule has 0 atom stereocenters. The number of ether oxygens (including phenoxy) is 2. The molecule has 182 valence electrons. The number of likely N-dealkylation sites (tertiary alicyclic amines) is 2. The molecule has 2 aliphatic heterocycles. The minimum Gasteiger partial charge on any atom is -0.495 e. The Morgan fingerprint density at radius 1 is 0.971 bits per heavy atom. The highest BCUT2D eigenvalue weighted by Crippen LogP contribution is 2.41. The Morgan fingerprint density at radius 3 is 2.18 bits per heavy atom. The van der Waals surface area contributed by atoms with Crippen molar-refractivity contribution < 1.29 is 23.9 Å². The predicted octanol–water partition coefficient (Wildman–Crippen LogP) is 4.78. The number of anilines is 1. The number of thiophene rings is 1. The number of carbonyl (C=O) groups is 3. The number of amides is 3. The molecule has 10 heteroatoms. The van der Waals surface area contributed by atoms with Gasteiger partial charge in [-0.2, -0.15) is 0 Å². The smallest absolute Gasteiger partial charge is 0.321 e. The molecule has 2 aliphatic rings. The fourth-order valence-corrected chi connectivity index (χ4v) is 5.76. The molecule has 4 rings (SSSR count). The van der Waals surface area contributed by atoms with Crippen LogP contribution in [0.2, 0.25) is 5.02 Å². The average Bonchev–Trinajstić information content (AvgIpc) is 3.48. The number of rotatable bonds is 5. The zero-order chi connectivity index (χ0) is 24.5. The lowest BCUT2D eigenvalue weighted by Gasteiger charge is -2.39. The topological polar surface area (TPSA) is 88.2 Å². The Morgan fingerprint density at radius 2 is 1.59 bits per heavy atom. The van der Waals surface area contributed by atoms with E-state index in [4.69, 9.17) is 21.1 Å². The summed E-state index contributed by atoms with van der Waals surface area (Å²) in [4.78, 5) is 42.3. The zero-order valence-electron chi connectivity index (χ0n) is 19.5. The van der Waals surface area contributed by atoms with Crippen molar-refractivity contribution in [1.29, 1.82) is 0 Å². The second-order valence-corrected chi connectivity index (χ2v) is 10.3. The summed E-state index contributed by atoms with van der Waals surface area (Å²) in [5, 5.41) is 3.29. The monoisotopic (exact) mass is 505 g/mol. The van der Waals surface area contributed by atoms with Crippen LogP contribution in [0.4, 0.5) is 10.5 Å². The molecule has 8 nitrogen and oxygen atoms in total. The van der Waals surface area contributed by atoms with Gasteiger partial charge in [-0.05, 0) is 49.8 Å². The molecule has 1 aromatic heterocycles. The van der Waals surface area contributed by atoms with E-state index in [2.05, 4.69) is 5.32 Å². The molecule has 0 radical (unpaired) electrons. The molecule has 2 saturated heterocycles. The van der Waals surface area contributed by atoms with Gasteiger partial charge in [-0.3, -0.25) is 9.59 Å². The molecule has 0 aliphatic carbocycles. The van der Waals surface area contributed by atoms with Crippen molar-refractivity contribution in [2.75, 3.05) is 45.7 Å². The second-order valence-electron chi connectivity index (χ2n) is 8.80. The Hall–Kier alpha value is -2.78. The van der Waals surface area contributed by atoms with Crippen molar-refractivity contribution >= 4 is 46.3 Å². The van der Waals surface area contributed by atoms with Crippen molar-refractivity contribution in [3.05, 3.63) is 39.0 Å². The van der Waals surface area contributed by atoms with E-state index < -0.39 is 0 Å². The number of hydrogen-bond donors (Lipinski definition) is 1. The SMILES string of the molecule is COc1cc(OC)c(NC(=O)N2CCC3(CCN(C(=O)c4ccc(C(C)=O)s4)CC3)C2)cc1Cl. The molecule has 1 N–H and O–H groups in total. The molecule has 3 heterocycles. The van der Waals surface area contributed by atoms with Crippen LogP contribution in [0.5, 0.6) is 11.5 Å². The number of methoxy groups -OCH3 is 2. The van der Waals surface area contributed by atoms with Crippen molar-refractivity contribution in [1.82, 2.24) is 9.80 Å². The van der Waals surface area contributed by atoms with Gasteiger partial charge in [-0.1, -0.05) is 11.6 Å². The maximum Gasteiger partial charge on any atom is 0.321 e. The molecule has 1 spiro atoms. The highest BCUT2D eigenvalue weighted by atomic mass is 35.5. The van der Waals surface area contributed by atoms with E-state index in [0.29, 0.717) is 58.1 Å². The number of hydrogen-bond acceptors (Lipinski definition) is 6. The number of halogens is 1. The van der Waals surface area contributed by atoms with Gasteiger partial charge >= 0.3 is 6.03 Å². The molecule has 2 fully saturated rings. The molecule has 0 bridgehead atoms. The van der Waals surface area contributed by atoms with Gasteiger partial charge in [0.1, 0.15) is 11.5 Å². The van der Waals surface area contributed by atoms with Crippen LogP contribution in [0.1, 0.15) is 45.5 Å². The van der Waals surface area contributed by atoms with Crippen LogP contribution in [0.25, 0.3) is 0 Å². The van der Waals surface area contributed by atoms with Gasteiger partial charge in [-0.25, -0.2) is 4.79 Å². The van der Waals surface area contributed by atoms with E-state index in [-0.39, 0.29) is 23.1 Å². The predicted molar refractivity (Wildman–Crippen MR) is 132 cm³/mol. The zero-order valence-corrected chi connectivity index (χ0v) is 21.1. The van der Waals surface area contributed by atoms with Crippen molar-refractivity contribution in [2.24, 2.45) is 5.41 Å². The van der Waals surface area contributed by atoms with Gasteiger partial charge < -0.3 is 24.6 Å². The Bertz CT molecular complexity index is 1110. The van der Waals surface area contributed by atoms with E-state index in [0.717, 1.165) is 19.3 Å². The van der Waals surface area contributed by atoms with Gasteiger partial charge in [0.05, 0.1) is 34.7 Å². The largest absolute Gasteiger partial charge is 0.495 e. The summed E-state index contributed by atoms with van der Waals surface area (Å²) >= 11 is 7.47. The van der Waals surface area contributed by atoms with Crippen LogP contribution in [0.3, 0.4) is 0 Å².